The van der Waals surface area contributed by atoms with Crippen molar-refractivity contribution in [2.75, 3.05) is 13.1 Å². The van der Waals surface area contributed by atoms with Gasteiger partial charge in [0.1, 0.15) is 4.90 Å². The molecule has 124 valence electrons. The molecule has 0 unspecified atom stereocenters. The number of aromatic amines is 1. The number of aromatic nitrogens is 3. The highest BCUT2D eigenvalue weighted by Gasteiger charge is 2.36. The minimum absolute atomic E-state index is 0.280. The number of aryl methyl sites for hydroxylation is 2. The second kappa shape index (κ2) is 5.17. The normalized spacial score (nSPS) is 19.6. The van der Waals surface area contributed by atoms with Gasteiger partial charge in [-0.05, 0) is 39.5 Å². The van der Waals surface area contributed by atoms with E-state index in [9.17, 15) is 8.42 Å². The van der Waals surface area contributed by atoms with Crippen LogP contribution in [0, 0.1) is 13.8 Å². The van der Waals surface area contributed by atoms with Crippen LogP contribution in [0.3, 0.4) is 0 Å². The number of H-pyrrole nitrogens is 1. The number of sulfonamides is 1. The number of nitrogens with one attached hydrogen (secondary N) is 1. The zero-order chi connectivity index (χ0) is 16.2. The first-order valence-electron chi connectivity index (χ1n) is 8.01. The first kappa shape index (κ1) is 14.9. The van der Waals surface area contributed by atoms with E-state index in [1.54, 1.807) is 11.2 Å². The van der Waals surface area contributed by atoms with Gasteiger partial charge in [-0.3, -0.25) is 0 Å². The van der Waals surface area contributed by atoms with E-state index in [2.05, 4.69) is 15.2 Å². The monoisotopic (exact) mass is 336 g/mol. The van der Waals surface area contributed by atoms with E-state index < -0.39 is 10.0 Å². The number of nitrogens with zero attached hydrogens (tertiary/aromatic N) is 3. The maximum Gasteiger partial charge on any atom is 0.250 e. The molecule has 1 aliphatic heterocycles. The summed E-state index contributed by atoms with van der Waals surface area (Å²) in [7, 11) is -3.55. The lowest BCUT2D eigenvalue weighted by molar-refractivity contribution is 0.475. The highest BCUT2D eigenvalue weighted by molar-refractivity contribution is 7.89. The molecule has 1 saturated carbocycles. The van der Waals surface area contributed by atoms with E-state index >= 15 is 0 Å². The smallest absolute Gasteiger partial charge is 0.250 e. The minimum Gasteiger partial charge on any atom is -0.420 e. The van der Waals surface area contributed by atoms with Crippen LogP contribution < -0.4 is 0 Å². The molecule has 2 aromatic rings. The lowest BCUT2D eigenvalue weighted by Crippen LogP contribution is -2.28. The SMILES string of the molecule is Cc1[nH]c(C)c(S(=O)(=O)N2CCCC2)c1-c1nnc(C2CC2)o1. The minimum atomic E-state index is -3.55. The Morgan fingerprint density at radius 2 is 1.83 bits per heavy atom. The molecule has 23 heavy (non-hydrogen) atoms. The quantitative estimate of drug-likeness (QED) is 0.925. The molecule has 3 heterocycles. The van der Waals surface area contributed by atoms with Crippen molar-refractivity contribution in [3.8, 4) is 11.5 Å². The van der Waals surface area contributed by atoms with Crippen LogP contribution in [0.4, 0.5) is 0 Å². The molecule has 1 aliphatic carbocycles. The Labute approximate surface area is 135 Å². The second-order valence-electron chi connectivity index (χ2n) is 6.41. The van der Waals surface area contributed by atoms with Gasteiger partial charge < -0.3 is 9.40 Å². The Morgan fingerprint density at radius 3 is 2.48 bits per heavy atom. The molecule has 0 radical (unpaired) electrons. The molecular weight excluding hydrogens is 316 g/mol. The van der Waals surface area contributed by atoms with Gasteiger partial charge in [0.2, 0.25) is 15.9 Å². The van der Waals surface area contributed by atoms with E-state index in [-0.39, 0.29) is 4.90 Å². The highest BCUT2D eigenvalue weighted by Crippen LogP contribution is 2.41. The van der Waals surface area contributed by atoms with Crippen molar-refractivity contribution in [3.05, 3.63) is 17.3 Å². The predicted molar refractivity (Wildman–Crippen MR) is 83.5 cm³/mol. The topological polar surface area (TPSA) is 92.1 Å². The highest BCUT2D eigenvalue weighted by atomic mass is 32.2. The van der Waals surface area contributed by atoms with Gasteiger partial charge in [-0.25, -0.2) is 8.42 Å². The molecule has 0 spiro atoms. The summed E-state index contributed by atoms with van der Waals surface area (Å²) in [5.74, 6) is 1.25. The number of hydrogen-bond acceptors (Lipinski definition) is 5. The summed E-state index contributed by atoms with van der Waals surface area (Å²) in [4.78, 5) is 3.41. The van der Waals surface area contributed by atoms with Crippen LogP contribution >= 0.6 is 0 Å². The third-order valence-corrected chi connectivity index (χ3v) is 6.63. The van der Waals surface area contributed by atoms with Crippen molar-refractivity contribution >= 4 is 10.0 Å². The van der Waals surface area contributed by atoms with E-state index in [4.69, 9.17) is 4.42 Å². The number of hydrogen-bond donors (Lipinski definition) is 1. The zero-order valence-electron chi connectivity index (χ0n) is 13.3. The summed E-state index contributed by atoms with van der Waals surface area (Å²) in [5.41, 5.74) is 1.88. The van der Waals surface area contributed by atoms with Crippen LogP contribution in [0.5, 0.6) is 0 Å². The van der Waals surface area contributed by atoms with Crippen molar-refractivity contribution in [3.63, 3.8) is 0 Å². The Kier molecular flexibility index (Phi) is 3.35. The molecule has 2 fully saturated rings. The van der Waals surface area contributed by atoms with Crippen molar-refractivity contribution in [1.82, 2.24) is 19.5 Å². The summed E-state index contributed by atoms with van der Waals surface area (Å²) in [6, 6.07) is 0. The summed E-state index contributed by atoms with van der Waals surface area (Å²) in [5, 5.41) is 8.19. The first-order valence-corrected chi connectivity index (χ1v) is 9.45. The van der Waals surface area contributed by atoms with Gasteiger partial charge >= 0.3 is 0 Å². The molecule has 2 aromatic heterocycles. The van der Waals surface area contributed by atoms with Gasteiger partial charge in [0.05, 0.1) is 5.56 Å². The lowest BCUT2D eigenvalue weighted by atomic mass is 10.2. The molecule has 0 aromatic carbocycles. The van der Waals surface area contributed by atoms with Gasteiger partial charge in [-0.15, -0.1) is 10.2 Å². The Bertz CT molecular complexity index is 842. The summed E-state index contributed by atoms with van der Waals surface area (Å²) < 4.78 is 33.4. The summed E-state index contributed by atoms with van der Waals surface area (Å²) in [6.07, 6.45) is 3.93. The fourth-order valence-electron chi connectivity index (χ4n) is 3.23. The molecule has 1 N–H and O–H groups in total. The van der Waals surface area contributed by atoms with Crippen LogP contribution in [0.1, 0.15) is 48.9 Å². The average molecular weight is 336 g/mol. The zero-order valence-corrected chi connectivity index (χ0v) is 14.1. The van der Waals surface area contributed by atoms with Crippen LogP contribution in [0.25, 0.3) is 11.5 Å². The van der Waals surface area contributed by atoms with Gasteiger partial charge in [0.15, 0.2) is 0 Å². The molecule has 8 heteroatoms. The Morgan fingerprint density at radius 1 is 1.13 bits per heavy atom. The van der Waals surface area contributed by atoms with Crippen LogP contribution in [0.15, 0.2) is 9.31 Å². The molecule has 4 rings (SSSR count). The molecule has 0 amide bonds. The van der Waals surface area contributed by atoms with Crippen molar-refractivity contribution in [1.29, 1.82) is 0 Å². The van der Waals surface area contributed by atoms with Crippen molar-refractivity contribution in [2.45, 2.75) is 50.3 Å². The van der Waals surface area contributed by atoms with Crippen molar-refractivity contribution in [2.24, 2.45) is 0 Å². The maximum absolute atomic E-state index is 13.0. The third-order valence-electron chi connectivity index (χ3n) is 4.56. The summed E-state index contributed by atoms with van der Waals surface area (Å²) >= 11 is 0. The van der Waals surface area contributed by atoms with Gasteiger partial charge in [-0.2, -0.15) is 4.31 Å². The summed E-state index contributed by atoms with van der Waals surface area (Å²) in [6.45, 7) is 4.76. The van der Waals surface area contributed by atoms with Crippen LogP contribution in [0.2, 0.25) is 0 Å². The first-order chi connectivity index (χ1) is 11.0. The molecular formula is C15H20N4O3S. The van der Waals surface area contributed by atoms with E-state index in [1.165, 1.54) is 0 Å². The predicted octanol–water partition coefficient (Wildman–Crippen LogP) is 2.34. The molecule has 7 nitrogen and oxygen atoms in total. The molecule has 0 bridgehead atoms. The largest absolute Gasteiger partial charge is 0.420 e. The fourth-order valence-corrected chi connectivity index (χ4v) is 5.16. The molecule has 1 saturated heterocycles. The molecule has 2 aliphatic rings. The number of rotatable bonds is 4. The van der Waals surface area contributed by atoms with Gasteiger partial charge in [0, 0.05) is 30.4 Å². The second-order valence-corrected chi connectivity index (χ2v) is 8.28. The van der Waals surface area contributed by atoms with Crippen molar-refractivity contribution < 1.29 is 12.8 Å². The molecule has 0 atom stereocenters. The Hall–Kier alpha value is -1.67. The Balaban J connectivity index is 1.83. The van der Waals surface area contributed by atoms with Crippen LogP contribution in [-0.4, -0.2) is 41.0 Å². The average Bonchev–Trinajstić information content (AvgIpc) is 2.93. The van der Waals surface area contributed by atoms with E-state index in [0.717, 1.165) is 31.4 Å². The standard InChI is InChI=1S/C15H20N4O3S/c1-9-12(15-18-17-14(22-15)11-5-6-11)13(10(2)16-9)23(20,21)19-7-3-4-8-19/h11,16H,3-8H2,1-2H3. The lowest BCUT2D eigenvalue weighted by Gasteiger charge is -2.16. The fraction of sp³-hybridized carbons (Fsp3) is 0.600. The van der Waals surface area contributed by atoms with E-state index in [0.29, 0.717) is 42.0 Å². The maximum atomic E-state index is 13.0. The third kappa shape index (κ3) is 2.40. The van der Waals surface area contributed by atoms with E-state index in [1.807, 2.05) is 6.92 Å². The van der Waals surface area contributed by atoms with Gasteiger partial charge in [-0.1, -0.05) is 0 Å². The van der Waals surface area contributed by atoms with Gasteiger partial charge in [0.25, 0.3) is 5.89 Å². The van der Waals surface area contributed by atoms with Crippen LogP contribution in [-0.2, 0) is 10.0 Å².